The second kappa shape index (κ2) is 12.6. The largest absolute Gasteiger partial charge is 0.353 e. The highest BCUT2D eigenvalue weighted by Crippen LogP contribution is 2.22. The van der Waals surface area contributed by atoms with E-state index in [-0.39, 0.29) is 23.3 Å². The molecule has 0 bridgehead atoms. The van der Waals surface area contributed by atoms with Crippen molar-refractivity contribution in [1.29, 1.82) is 0 Å². The van der Waals surface area contributed by atoms with Crippen LogP contribution in [-0.2, 0) is 27.2 Å². The fourth-order valence-corrected chi connectivity index (χ4v) is 5.54. The Balaban J connectivity index is 1.62. The SMILES string of the molecule is CNC(C)(C)CC=CC(=O)N(C)[C@H](Cc1ccc2ccccc2c1)C(=O)N1CCNC(=O)[C@H]1Cc1cccs1. The third-order valence-electron chi connectivity index (χ3n) is 7.50. The maximum absolute atomic E-state index is 14.2. The lowest BCUT2D eigenvalue weighted by Crippen LogP contribution is -2.62. The van der Waals surface area contributed by atoms with E-state index in [1.54, 1.807) is 29.4 Å². The van der Waals surface area contributed by atoms with Crippen molar-refractivity contribution in [3.05, 3.63) is 82.6 Å². The van der Waals surface area contributed by atoms with E-state index in [2.05, 4.69) is 36.6 Å². The average Bonchev–Trinajstić information content (AvgIpc) is 3.45. The number of rotatable bonds is 10. The van der Waals surface area contributed by atoms with Crippen molar-refractivity contribution in [3.63, 3.8) is 0 Å². The van der Waals surface area contributed by atoms with Crippen LogP contribution in [0.2, 0.25) is 0 Å². The van der Waals surface area contributed by atoms with Crippen LogP contribution < -0.4 is 10.6 Å². The molecule has 206 valence electrons. The van der Waals surface area contributed by atoms with Crippen molar-refractivity contribution in [3.8, 4) is 0 Å². The molecule has 2 N–H and O–H groups in total. The first kappa shape index (κ1) is 28.5. The molecule has 39 heavy (non-hydrogen) atoms. The molecule has 1 aliphatic heterocycles. The first-order valence-corrected chi connectivity index (χ1v) is 14.3. The summed E-state index contributed by atoms with van der Waals surface area (Å²) in [6, 6.07) is 16.8. The zero-order valence-corrected chi connectivity index (χ0v) is 24.0. The molecule has 1 aromatic heterocycles. The van der Waals surface area contributed by atoms with E-state index >= 15 is 0 Å². The number of amides is 3. The fraction of sp³-hybridized carbons (Fsp3) is 0.387. The topological polar surface area (TPSA) is 81.8 Å². The van der Waals surface area contributed by atoms with Crippen LogP contribution in [0.4, 0.5) is 0 Å². The number of nitrogens with one attached hydrogen (secondary N) is 2. The molecule has 7 nitrogen and oxygen atoms in total. The number of piperazine rings is 1. The Morgan fingerprint density at radius 1 is 1.18 bits per heavy atom. The van der Waals surface area contributed by atoms with Crippen LogP contribution in [0.5, 0.6) is 0 Å². The monoisotopic (exact) mass is 546 g/mol. The normalized spacial score (nSPS) is 16.9. The van der Waals surface area contributed by atoms with Crippen LogP contribution >= 0.6 is 11.3 Å². The van der Waals surface area contributed by atoms with Crippen LogP contribution in [0, 0.1) is 0 Å². The molecule has 0 unspecified atom stereocenters. The zero-order chi connectivity index (χ0) is 28.0. The Hall–Kier alpha value is -3.49. The summed E-state index contributed by atoms with van der Waals surface area (Å²) in [6.07, 6.45) is 4.87. The summed E-state index contributed by atoms with van der Waals surface area (Å²) in [5.41, 5.74) is 0.814. The van der Waals surface area contributed by atoms with E-state index in [9.17, 15) is 14.4 Å². The van der Waals surface area contributed by atoms with Gasteiger partial charge in [-0.15, -0.1) is 11.3 Å². The number of carbonyl (C=O) groups excluding carboxylic acids is 3. The Kier molecular flexibility index (Phi) is 9.20. The molecule has 0 spiro atoms. The lowest BCUT2D eigenvalue weighted by molar-refractivity contribution is -0.149. The maximum Gasteiger partial charge on any atom is 0.246 e. The summed E-state index contributed by atoms with van der Waals surface area (Å²) in [5.74, 6) is -0.604. The van der Waals surface area contributed by atoms with E-state index < -0.39 is 12.1 Å². The van der Waals surface area contributed by atoms with Crippen LogP contribution in [0.15, 0.2) is 72.1 Å². The van der Waals surface area contributed by atoms with Crippen LogP contribution in [0.25, 0.3) is 10.8 Å². The molecule has 3 amide bonds. The van der Waals surface area contributed by atoms with E-state index in [0.717, 1.165) is 21.2 Å². The molecule has 1 aliphatic rings. The summed E-state index contributed by atoms with van der Waals surface area (Å²) >= 11 is 1.57. The molecule has 2 atom stereocenters. The first-order chi connectivity index (χ1) is 18.7. The third kappa shape index (κ3) is 7.13. The standard InChI is InChI=1S/C31H38N4O3S/c1-31(2,32-3)15-7-12-28(36)34(4)27(20-22-13-14-23-9-5-6-10-24(23)19-22)30(38)35-17-16-33-29(37)26(35)21-25-11-8-18-39-25/h5-14,18-19,26-27,32H,15-17,20-21H2,1-4H3,(H,33,37)/t26-,27-/m1/s1. The molecule has 2 aromatic carbocycles. The second-order valence-electron chi connectivity index (χ2n) is 10.7. The summed E-state index contributed by atoms with van der Waals surface area (Å²) in [5, 5.41) is 10.3. The van der Waals surface area contributed by atoms with Gasteiger partial charge in [-0.3, -0.25) is 14.4 Å². The van der Waals surface area contributed by atoms with Crippen molar-refractivity contribution in [2.24, 2.45) is 0 Å². The van der Waals surface area contributed by atoms with E-state index in [1.807, 2.05) is 61.0 Å². The summed E-state index contributed by atoms with van der Waals surface area (Å²) in [4.78, 5) is 44.7. The molecule has 4 rings (SSSR count). The van der Waals surface area contributed by atoms with Gasteiger partial charge >= 0.3 is 0 Å². The first-order valence-electron chi connectivity index (χ1n) is 13.4. The lowest BCUT2D eigenvalue weighted by atomic mass is 9.98. The number of benzene rings is 2. The highest BCUT2D eigenvalue weighted by atomic mass is 32.1. The predicted molar refractivity (Wildman–Crippen MR) is 158 cm³/mol. The number of nitrogens with zero attached hydrogens (tertiary/aromatic N) is 2. The summed E-state index contributed by atoms with van der Waals surface area (Å²) in [7, 11) is 3.57. The molecule has 1 saturated heterocycles. The summed E-state index contributed by atoms with van der Waals surface area (Å²) < 4.78 is 0. The molecule has 0 radical (unpaired) electrons. The zero-order valence-electron chi connectivity index (χ0n) is 23.1. The van der Waals surface area contributed by atoms with Gasteiger partial charge < -0.3 is 20.4 Å². The number of fused-ring (bicyclic) bond motifs is 1. The smallest absolute Gasteiger partial charge is 0.246 e. The van der Waals surface area contributed by atoms with Gasteiger partial charge in [-0.05, 0) is 61.2 Å². The number of hydrogen-bond donors (Lipinski definition) is 2. The Morgan fingerprint density at radius 3 is 2.67 bits per heavy atom. The highest BCUT2D eigenvalue weighted by molar-refractivity contribution is 7.09. The highest BCUT2D eigenvalue weighted by Gasteiger charge is 2.38. The van der Waals surface area contributed by atoms with E-state index in [4.69, 9.17) is 0 Å². The lowest BCUT2D eigenvalue weighted by Gasteiger charge is -2.39. The Morgan fingerprint density at radius 2 is 1.95 bits per heavy atom. The number of likely N-dealkylation sites (N-methyl/N-ethyl adjacent to an activating group) is 1. The van der Waals surface area contributed by atoms with Crippen molar-refractivity contribution in [1.82, 2.24) is 20.4 Å². The van der Waals surface area contributed by atoms with Gasteiger partial charge in [0.25, 0.3) is 0 Å². The van der Waals surface area contributed by atoms with Crippen molar-refractivity contribution >= 4 is 39.8 Å². The molecule has 3 aromatic rings. The van der Waals surface area contributed by atoms with Gasteiger partial charge in [-0.25, -0.2) is 0 Å². The molecule has 1 fully saturated rings. The number of carbonyl (C=O) groups is 3. The second-order valence-corrected chi connectivity index (χ2v) is 11.7. The van der Waals surface area contributed by atoms with Gasteiger partial charge in [0.2, 0.25) is 17.7 Å². The number of hydrogen-bond acceptors (Lipinski definition) is 5. The molecular weight excluding hydrogens is 508 g/mol. The van der Waals surface area contributed by atoms with Crippen LogP contribution in [-0.4, -0.2) is 72.3 Å². The van der Waals surface area contributed by atoms with E-state index in [0.29, 0.717) is 32.4 Å². The van der Waals surface area contributed by atoms with E-state index in [1.165, 1.54) is 4.90 Å². The Labute approximate surface area is 234 Å². The van der Waals surface area contributed by atoms with Gasteiger partial charge in [0.1, 0.15) is 12.1 Å². The van der Waals surface area contributed by atoms with Crippen molar-refractivity contribution in [2.75, 3.05) is 27.2 Å². The minimum absolute atomic E-state index is 0.147. The third-order valence-corrected chi connectivity index (χ3v) is 8.40. The minimum atomic E-state index is -0.752. The minimum Gasteiger partial charge on any atom is -0.353 e. The Bertz CT molecular complexity index is 1330. The van der Waals surface area contributed by atoms with Gasteiger partial charge in [0, 0.05) is 43.4 Å². The predicted octanol–water partition coefficient (Wildman–Crippen LogP) is 3.78. The molecule has 0 aliphatic carbocycles. The molecule has 2 heterocycles. The van der Waals surface area contributed by atoms with Gasteiger partial charge in [0.15, 0.2) is 0 Å². The van der Waals surface area contributed by atoms with Crippen LogP contribution in [0.1, 0.15) is 30.7 Å². The van der Waals surface area contributed by atoms with Gasteiger partial charge in [-0.2, -0.15) is 0 Å². The fourth-order valence-electron chi connectivity index (χ4n) is 4.80. The molecular formula is C31H38N4O3S. The van der Waals surface area contributed by atoms with Gasteiger partial charge in [-0.1, -0.05) is 54.6 Å². The average molecular weight is 547 g/mol. The summed E-state index contributed by atoms with van der Waals surface area (Å²) in [6.45, 7) is 4.92. The van der Waals surface area contributed by atoms with Crippen molar-refractivity contribution < 1.29 is 14.4 Å². The van der Waals surface area contributed by atoms with Gasteiger partial charge in [0.05, 0.1) is 0 Å². The number of thiophene rings is 1. The molecule has 8 heteroatoms. The van der Waals surface area contributed by atoms with Crippen LogP contribution in [0.3, 0.4) is 0 Å². The van der Waals surface area contributed by atoms with Crippen molar-refractivity contribution in [2.45, 2.75) is 50.7 Å². The molecule has 0 saturated carbocycles. The maximum atomic E-state index is 14.2. The quantitative estimate of drug-likeness (QED) is 0.379.